The molecule has 1 aromatic carbocycles. The average Bonchev–Trinajstić information content (AvgIpc) is 3.37. The molecule has 1 amide bonds. The Kier molecular flexibility index (Phi) is 5.34. The van der Waals surface area contributed by atoms with Crippen molar-refractivity contribution in [3.63, 3.8) is 0 Å². The van der Waals surface area contributed by atoms with Crippen LogP contribution in [0.4, 0.5) is 10.8 Å². The van der Waals surface area contributed by atoms with Gasteiger partial charge in [-0.1, -0.05) is 23.8 Å². The lowest BCUT2D eigenvalue weighted by molar-refractivity contribution is -0.384. The summed E-state index contributed by atoms with van der Waals surface area (Å²) >= 11 is 2.31. The first kappa shape index (κ1) is 19.9. The molecule has 1 saturated heterocycles. The van der Waals surface area contributed by atoms with E-state index in [2.05, 4.69) is 10.3 Å². The van der Waals surface area contributed by atoms with E-state index in [0.29, 0.717) is 23.1 Å². The Morgan fingerprint density at radius 3 is 2.86 bits per heavy atom. The summed E-state index contributed by atoms with van der Waals surface area (Å²) < 4.78 is 28.0. The van der Waals surface area contributed by atoms with Gasteiger partial charge in [-0.25, -0.2) is 13.4 Å². The van der Waals surface area contributed by atoms with Gasteiger partial charge in [-0.05, 0) is 30.4 Å². The fraction of sp³-hybridized carbons (Fsp3) is 0.294. The predicted molar refractivity (Wildman–Crippen MR) is 111 cm³/mol. The second-order valence-electron chi connectivity index (χ2n) is 6.48. The Labute approximate surface area is 174 Å². The van der Waals surface area contributed by atoms with Crippen molar-refractivity contribution in [2.75, 3.05) is 11.9 Å². The number of nitrogens with zero attached hydrogens (tertiary/aromatic N) is 3. The van der Waals surface area contributed by atoms with Crippen molar-refractivity contribution < 1.29 is 18.1 Å². The van der Waals surface area contributed by atoms with E-state index in [1.54, 1.807) is 17.5 Å². The lowest BCUT2D eigenvalue weighted by Gasteiger charge is -2.32. The number of aromatic nitrogens is 1. The van der Waals surface area contributed by atoms with Crippen molar-refractivity contribution in [1.82, 2.24) is 9.29 Å². The molecule has 12 heteroatoms. The van der Waals surface area contributed by atoms with E-state index < -0.39 is 26.9 Å². The molecule has 0 saturated carbocycles. The van der Waals surface area contributed by atoms with Crippen LogP contribution < -0.4 is 5.32 Å². The van der Waals surface area contributed by atoms with Gasteiger partial charge in [0.05, 0.1) is 15.1 Å². The molecule has 1 N–H and O–H groups in total. The number of hydrogen-bond acceptors (Lipinski definition) is 8. The molecule has 2 aromatic heterocycles. The first-order valence-electron chi connectivity index (χ1n) is 8.77. The molecule has 3 heterocycles. The summed E-state index contributed by atoms with van der Waals surface area (Å²) in [5, 5.41) is 15.6. The van der Waals surface area contributed by atoms with E-state index in [0.717, 1.165) is 17.8 Å². The largest absolute Gasteiger partial charge is 0.301 e. The van der Waals surface area contributed by atoms with Crippen molar-refractivity contribution in [1.29, 1.82) is 0 Å². The number of nitro groups is 1. The van der Waals surface area contributed by atoms with E-state index in [-0.39, 0.29) is 21.6 Å². The van der Waals surface area contributed by atoms with E-state index in [9.17, 15) is 23.3 Å². The molecule has 0 bridgehead atoms. The second-order valence-corrected chi connectivity index (χ2v) is 10.6. The van der Waals surface area contributed by atoms with Gasteiger partial charge < -0.3 is 5.32 Å². The van der Waals surface area contributed by atoms with Gasteiger partial charge in [-0.3, -0.25) is 14.9 Å². The molecule has 1 atom stereocenters. The molecule has 0 aliphatic carbocycles. The number of fused-ring (bicyclic) bond motifs is 1. The summed E-state index contributed by atoms with van der Waals surface area (Å²) in [4.78, 5) is 27.5. The van der Waals surface area contributed by atoms with Crippen molar-refractivity contribution >= 4 is 59.6 Å². The number of carbonyl (C=O) groups is 1. The number of nitro benzene ring substituents is 1. The third-order valence-corrected chi connectivity index (χ3v) is 8.86. The quantitative estimate of drug-likeness (QED) is 0.467. The maximum Gasteiger partial charge on any atom is 0.271 e. The van der Waals surface area contributed by atoms with Crippen molar-refractivity contribution in [3.05, 3.63) is 45.8 Å². The number of sulfonamides is 1. The lowest BCUT2D eigenvalue weighted by Crippen LogP contribution is -2.49. The molecular weight excluding hydrogens is 436 g/mol. The first-order chi connectivity index (χ1) is 13.9. The van der Waals surface area contributed by atoms with Crippen LogP contribution in [0, 0.1) is 10.1 Å². The Morgan fingerprint density at radius 1 is 1.31 bits per heavy atom. The summed E-state index contributed by atoms with van der Waals surface area (Å²) in [6.45, 7) is 0.282. The highest BCUT2D eigenvalue weighted by Crippen LogP contribution is 2.31. The van der Waals surface area contributed by atoms with Crippen LogP contribution in [0.3, 0.4) is 0 Å². The van der Waals surface area contributed by atoms with Crippen molar-refractivity contribution in [3.8, 4) is 0 Å². The van der Waals surface area contributed by atoms with Crippen LogP contribution in [0.25, 0.3) is 10.2 Å². The van der Waals surface area contributed by atoms with Crippen LogP contribution in [-0.2, 0) is 14.8 Å². The van der Waals surface area contributed by atoms with Gasteiger partial charge >= 0.3 is 0 Å². The van der Waals surface area contributed by atoms with Crippen LogP contribution in [0.5, 0.6) is 0 Å². The summed E-state index contributed by atoms with van der Waals surface area (Å²) in [5.41, 5.74) is 0.326. The van der Waals surface area contributed by atoms with Crippen LogP contribution in [-0.4, -0.2) is 41.1 Å². The minimum Gasteiger partial charge on any atom is -0.301 e. The highest BCUT2D eigenvalue weighted by atomic mass is 32.2. The van der Waals surface area contributed by atoms with Gasteiger partial charge in [-0.2, -0.15) is 4.31 Å². The molecule has 9 nitrogen and oxygen atoms in total. The number of thiazole rings is 1. The van der Waals surface area contributed by atoms with Crippen LogP contribution in [0.1, 0.15) is 19.3 Å². The Morgan fingerprint density at radius 2 is 2.14 bits per heavy atom. The Hall–Kier alpha value is -2.41. The third-order valence-electron chi connectivity index (χ3n) is 4.63. The van der Waals surface area contributed by atoms with Crippen LogP contribution in [0.15, 0.2) is 39.9 Å². The van der Waals surface area contributed by atoms with E-state index >= 15 is 0 Å². The zero-order valence-corrected chi connectivity index (χ0v) is 17.4. The smallest absolute Gasteiger partial charge is 0.271 e. The van der Waals surface area contributed by atoms with Crippen LogP contribution in [0.2, 0.25) is 0 Å². The normalized spacial score (nSPS) is 18.0. The molecular formula is C17H16N4O5S3. The molecule has 3 aromatic rings. The number of anilines is 1. The standard InChI is InChI=1S/C17H16N4O5S3/c22-16(19-17-18-12-10-11(21(23)24)6-7-14(12)28-17)13-4-1-2-8-20(13)29(25,26)15-5-3-9-27-15/h3,5-7,9-10,13H,1-2,4,8H2,(H,18,19,22). The van der Waals surface area contributed by atoms with Crippen LogP contribution >= 0.6 is 22.7 Å². The molecule has 0 spiro atoms. The highest BCUT2D eigenvalue weighted by molar-refractivity contribution is 7.91. The fourth-order valence-electron chi connectivity index (χ4n) is 3.25. The second kappa shape index (κ2) is 7.78. The zero-order valence-electron chi connectivity index (χ0n) is 15.0. The zero-order chi connectivity index (χ0) is 20.6. The predicted octanol–water partition coefficient (Wildman–Crippen LogP) is 3.45. The van der Waals surface area contributed by atoms with E-state index in [4.69, 9.17) is 0 Å². The SMILES string of the molecule is O=C(Nc1nc2cc([N+](=O)[O-])ccc2s1)C1CCCCN1S(=O)(=O)c1cccs1. The van der Waals surface area contributed by atoms with Gasteiger partial charge in [0.25, 0.3) is 15.7 Å². The number of carbonyl (C=O) groups excluding carboxylic acids is 1. The van der Waals surface area contributed by atoms with Gasteiger partial charge in [0.2, 0.25) is 5.91 Å². The van der Waals surface area contributed by atoms with E-state index in [1.165, 1.54) is 33.8 Å². The molecule has 1 unspecified atom stereocenters. The summed E-state index contributed by atoms with van der Waals surface area (Å²) in [7, 11) is -3.75. The first-order valence-corrected chi connectivity index (χ1v) is 11.9. The minimum atomic E-state index is -3.75. The molecule has 1 aliphatic heterocycles. The number of nitrogens with one attached hydrogen (secondary N) is 1. The Balaban J connectivity index is 1.58. The maximum atomic E-state index is 12.9. The fourth-order valence-corrected chi connectivity index (χ4v) is 6.88. The lowest BCUT2D eigenvalue weighted by atomic mass is 10.0. The number of hydrogen-bond donors (Lipinski definition) is 1. The molecule has 152 valence electrons. The summed E-state index contributed by atoms with van der Waals surface area (Å²) in [6, 6.07) is 6.67. The highest BCUT2D eigenvalue weighted by Gasteiger charge is 2.38. The molecule has 1 fully saturated rings. The van der Waals surface area contributed by atoms with Gasteiger partial charge in [0.15, 0.2) is 5.13 Å². The summed E-state index contributed by atoms with van der Waals surface area (Å²) in [6.07, 6.45) is 1.87. The Bertz CT molecular complexity index is 1170. The number of piperidine rings is 1. The number of thiophene rings is 1. The maximum absolute atomic E-state index is 12.9. The van der Waals surface area contributed by atoms with Gasteiger partial charge in [-0.15, -0.1) is 11.3 Å². The number of non-ortho nitro benzene ring substituents is 1. The topological polar surface area (TPSA) is 123 Å². The van der Waals surface area contributed by atoms with E-state index in [1.807, 2.05) is 0 Å². The van der Waals surface area contributed by atoms with Gasteiger partial charge in [0.1, 0.15) is 10.3 Å². The molecule has 1 aliphatic rings. The average molecular weight is 453 g/mol. The molecule has 0 radical (unpaired) electrons. The number of rotatable bonds is 5. The van der Waals surface area contributed by atoms with Gasteiger partial charge in [0, 0.05) is 18.7 Å². The van der Waals surface area contributed by atoms with Crippen molar-refractivity contribution in [2.45, 2.75) is 29.5 Å². The number of amides is 1. The van der Waals surface area contributed by atoms with Crippen molar-refractivity contribution in [2.24, 2.45) is 0 Å². The third kappa shape index (κ3) is 3.88. The molecule has 4 rings (SSSR count). The minimum absolute atomic E-state index is 0.0822. The summed E-state index contributed by atoms with van der Waals surface area (Å²) in [5.74, 6) is -0.446. The molecule has 29 heavy (non-hydrogen) atoms. The monoisotopic (exact) mass is 452 g/mol. The number of benzene rings is 1.